The van der Waals surface area contributed by atoms with Crippen LogP contribution in [0.3, 0.4) is 0 Å². The van der Waals surface area contributed by atoms with E-state index in [0.717, 1.165) is 6.42 Å². The second kappa shape index (κ2) is 3.20. The van der Waals surface area contributed by atoms with Crippen molar-refractivity contribution in [1.29, 1.82) is 0 Å². The number of hydrogen-bond donors (Lipinski definition) is 0. The van der Waals surface area contributed by atoms with Gasteiger partial charge in [-0.25, -0.2) is 0 Å². The normalized spacial score (nSPS) is 39.4. The predicted octanol–water partition coefficient (Wildman–Crippen LogP) is 1.73. The van der Waals surface area contributed by atoms with Crippen molar-refractivity contribution in [3.8, 4) is 0 Å². The SMILES string of the molecule is COC(=O)[C@]1([C@H]2COC(C)(C)O2)CC1(C)C. The monoisotopic (exact) mass is 228 g/mol. The Morgan fingerprint density at radius 2 is 1.88 bits per heavy atom. The molecule has 4 nitrogen and oxygen atoms in total. The van der Waals surface area contributed by atoms with Gasteiger partial charge in [0.05, 0.1) is 13.7 Å². The smallest absolute Gasteiger partial charge is 0.315 e. The lowest BCUT2D eigenvalue weighted by Gasteiger charge is -2.25. The van der Waals surface area contributed by atoms with Crippen LogP contribution in [0.15, 0.2) is 0 Å². The number of rotatable bonds is 2. The summed E-state index contributed by atoms with van der Waals surface area (Å²) in [5.41, 5.74) is -0.579. The van der Waals surface area contributed by atoms with E-state index in [1.165, 1.54) is 7.11 Å². The Morgan fingerprint density at radius 1 is 1.31 bits per heavy atom. The lowest BCUT2D eigenvalue weighted by molar-refractivity contribution is -0.167. The summed E-state index contributed by atoms with van der Waals surface area (Å²) in [6.07, 6.45) is 0.612. The summed E-state index contributed by atoms with van der Waals surface area (Å²) >= 11 is 0. The maximum Gasteiger partial charge on any atom is 0.315 e. The summed E-state index contributed by atoms with van der Waals surface area (Å²) in [6.45, 7) is 8.34. The molecule has 0 aromatic heterocycles. The molecule has 2 atom stereocenters. The number of esters is 1. The molecule has 0 spiro atoms. The van der Waals surface area contributed by atoms with Gasteiger partial charge in [-0.2, -0.15) is 0 Å². The van der Waals surface area contributed by atoms with E-state index in [4.69, 9.17) is 14.2 Å². The van der Waals surface area contributed by atoms with Gasteiger partial charge in [-0.15, -0.1) is 0 Å². The molecule has 1 saturated carbocycles. The molecule has 2 rings (SSSR count). The van der Waals surface area contributed by atoms with Gasteiger partial charge in [0.15, 0.2) is 5.79 Å². The lowest BCUT2D eigenvalue weighted by Crippen LogP contribution is -2.38. The molecular weight excluding hydrogens is 208 g/mol. The van der Waals surface area contributed by atoms with Crippen LogP contribution >= 0.6 is 0 Å². The second-order valence-electron chi connectivity index (χ2n) is 5.84. The van der Waals surface area contributed by atoms with Crippen LogP contribution in [-0.2, 0) is 19.0 Å². The highest BCUT2D eigenvalue weighted by atomic mass is 16.7. The number of ether oxygens (including phenoxy) is 3. The Kier molecular flexibility index (Phi) is 2.37. The largest absolute Gasteiger partial charge is 0.468 e. The summed E-state index contributed by atoms with van der Waals surface area (Å²) in [6, 6.07) is 0. The van der Waals surface area contributed by atoms with E-state index in [1.54, 1.807) is 0 Å². The zero-order chi connectivity index (χ0) is 12.2. The summed E-state index contributed by atoms with van der Waals surface area (Å²) in [7, 11) is 1.43. The Morgan fingerprint density at radius 3 is 2.19 bits per heavy atom. The maximum absolute atomic E-state index is 12.0. The average Bonchev–Trinajstić information content (AvgIpc) is 2.56. The van der Waals surface area contributed by atoms with Crippen molar-refractivity contribution in [2.45, 2.75) is 46.0 Å². The molecule has 0 bridgehead atoms. The first kappa shape index (κ1) is 11.9. The lowest BCUT2D eigenvalue weighted by atomic mass is 9.90. The van der Waals surface area contributed by atoms with Gasteiger partial charge >= 0.3 is 5.97 Å². The maximum atomic E-state index is 12.0. The molecule has 1 aliphatic heterocycles. The van der Waals surface area contributed by atoms with Gasteiger partial charge in [0.25, 0.3) is 0 Å². The van der Waals surface area contributed by atoms with Gasteiger partial charge in [0, 0.05) is 0 Å². The molecule has 1 heterocycles. The third kappa shape index (κ3) is 1.47. The van der Waals surface area contributed by atoms with Crippen LogP contribution in [0, 0.1) is 10.8 Å². The fraction of sp³-hybridized carbons (Fsp3) is 0.917. The van der Waals surface area contributed by atoms with Crippen LogP contribution in [-0.4, -0.2) is 31.6 Å². The van der Waals surface area contributed by atoms with Gasteiger partial charge < -0.3 is 14.2 Å². The van der Waals surface area contributed by atoms with E-state index < -0.39 is 11.2 Å². The standard InChI is InChI=1S/C12H20O4/c1-10(2)7-12(10,9(13)14-5)8-6-15-11(3,4)16-8/h8H,6-7H2,1-5H3/t8-,12-/m1/s1. The molecule has 4 heteroatoms. The molecule has 0 radical (unpaired) electrons. The van der Waals surface area contributed by atoms with Crippen molar-refractivity contribution in [2.24, 2.45) is 10.8 Å². The molecule has 0 N–H and O–H groups in total. The van der Waals surface area contributed by atoms with Gasteiger partial charge in [-0.05, 0) is 25.7 Å². The molecule has 1 saturated heterocycles. The molecule has 1 aliphatic carbocycles. The molecule has 0 aromatic rings. The first-order chi connectivity index (χ1) is 7.25. The average molecular weight is 228 g/mol. The molecular formula is C12H20O4. The highest BCUT2D eigenvalue weighted by Crippen LogP contribution is 2.67. The van der Waals surface area contributed by atoms with Crippen LogP contribution in [0.5, 0.6) is 0 Å². The van der Waals surface area contributed by atoms with E-state index in [2.05, 4.69) is 13.8 Å². The van der Waals surface area contributed by atoms with Gasteiger partial charge in [-0.3, -0.25) is 4.79 Å². The fourth-order valence-electron chi connectivity index (χ4n) is 2.79. The van der Waals surface area contributed by atoms with Crippen LogP contribution < -0.4 is 0 Å². The van der Waals surface area contributed by atoms with E-state index >= 15 is 0 Å². The first-order valence-corrected chi connectivity index (χ1v) is 5.65. The first-order valence-electron chi connectivity index (χ1n) is 5.65. The Hall–Kier alpha value is -0.610. The summed E-state index contributed by atoms with van der Waals surface area (Å²) < 4.78 is 16.3. The van der Waals surface area contributed by atoms with E-state index in [0.29, 0.717) is 6.61 Å². The zero-order valence-electron chi connectivity index (χ0n) is 10.6. The summed E-state index contributed by atoms with van der Waals surface area (Å²) in [4.78, 5) is 12.0. The highest BCUT2D eigenvalue weighted by Gasteiger charge is 2.73. The van der Waals surface area contributed by atoms with Crippen molar-refractivity contribution in [1.82, 2.24) is 0 Å². The number of hydrogen-bond acceptors (Lipinski definition) is 4. The number of methoxy groups -OCH3 is 1. The highest BCUT2D eigenvalue weighted by molar-refractivity contribution is 5.82. The van der Waals surface area contributed by atoms with Crippen molar-refractivity contribution in [2.75, 3.05) is 13.7 Å². The van der Waals surface area contributed by atoms with E-state index in [1.807, 2.05) is 13.8 Å². The van der Waals surface area contributed by atoms with E-state index in [-0.39, 0.29) is 17.5 Å². The van der Waals surface area contributed by atoms with Crippen molar-refractivity contribution in [3.05, 3.63) is 0 Å². The Balaban J connectivity index is 2.21. The van der Waals surface area contributed by atoms with Crippen molar-refractivity contribution >= 4 is 5.97 Å². The van der Waals surface area contributed by atoms with Crippen LogP contribution in [0.2, 0.25) is 0 Å². The quantitative estimate of drug-likeness (QED) is 0.675. The minimum absolute atomic E-state index is 0.0610. The third-order valence-corrected chi connectivity index (χ3v) is 3.91. The van der Waals surface area contributed by atoms with Crippen LogP contribution in [0.1, 0.15) is 34.1 Å². The Labute approximate surface area is 96.2 Å². The van der Waals surface area contributed by atoms with E-state index in [9.17, 15) is 4.79 Å². The topological polar surface area (TPSA) is 44.8 Å². The third-order valence-electron chi connectivity index (χ3n) is 3.91. The molecule has 0 aromatic carbocycles. The van der Waals surface area contributed by atoms with Gasteiger partial charge in [0.2, 0.25) is 0 Å². The zero-order valence-corrected chi connectivity index (χ0v) is 10.6. The van der Waals surface area contributed by atoms with Crippen molar-refractivity contribution < 1.29 is 19.0 Å². The molecule has 2 aliphatic rings. The van der Waals surface area contributed by atoms with Gasteiger partial charge in [-0.1, -0.05) is 13.8 Å². The molecule has 0 unspecified atom stereocenters. The number of carbonyl (C=O) groups is 1. The molecule has 2 fully saturated rings. The Bertz CT molecular complexity index is 321. The van der Waals surface area contributed by atoms with Crippen molar-refractivity contribution in [3.63, 3.8) is 0 Å². The van der Waals surface area contributed by atoms with Crippen LogP contribution in [0.4, 0.5) is 0 Å². The second-order valence-corrected chi connectivity index (χ2v) is 5.84. The molecule has 92 valence electrons. The van der Waals surface area contributed by atoms with Gasteiger partial charge in [0.1, 0.15) is 11.5 Å². The summed E-state index contributed by atoms with van der Waals surface area (Å²) in [5, 5.41) is 0. The number of carbonyl (C=O) groups excluding carboxylic acids is 1. The molecule has 16 heavy (non-hydrogen) atoms. The minimum atomic E-state index is -0.593. The molecule has 0 amide bonds. The minimum Gasteiger partial charge on any atom is -0.468 e. The predicted molar refractivity (Wildman–Crippen MR) is 57.8 cm³/mol. The van der Waals surface area contributed by atoms with Crippen LogP contribution in [0.25, 0.3) is 0 Å². The fourth-order valence-corrected chi connectivity index (χ4v) is 2.79. The summed E-state index contributed by atoms with van der Waals surface area (Å²) in [5.74, 6) is -0.770.